The maximum Gasteiger partial charge on any atom is 0.262 e. The summed E-state index contributed by atoms with van der Waals surface area (Å²) in [6.07, 6.45) is 0. The summed E-state index contributed by atoms with van der Waals surface area (Å²) >= 11 is 1.46. The van der Waals surface area contributed by atoms with E-state index in [-0.39, 0.29) is 12.5 Å². The molecule has 1 N–H and O–H groups in total. The number of carbonyl (C=O) groups excluding carboxylic acids is 1. The van der Waals surface area contributed by atoms with Gasteiger partial charge in [0.05, 0.1) is 0 Å². The third-order valence-corrected chi connectivity index (χ3v) is 4.35. The molecule has 0 atom stereocenters. The first-order chi connectivity index (χ1) is 13.0. The van der Waals surface area contributed by atoms with Crippen molar-refractivity contribution in [1.82, 2.24) is 9.97 Å². The van der Waals surface area contributed by atoms with Crippen LogP contribution in [0.4, 0.5) is 10.1 Å². The van der Waals surface area contributed by atoms with Gasteiger partial charge in [-0.15, -0.1) is 0 Å². The number of halogens is 1. The van der Waals surface area contributed by atoms with E-state index in [0.717, 1.165) is 16.3 Å². The Balaban J connectivity index is 1.54. The van der Waals surface area contributed by atoms with Gasteiger partial charge >= 0.3 is 0 Å². The van der Waals surface area contributed by atoms with Crippen LogP contribution in [0.25, 0.3) is 0 Å². The first-order valence-electron chi connectivity index (χ1n) is 8.26. The highest BCUT2D eigenvalue weighted by Crippen LogP contribution is 2.26. The van der Waals surface area contributed by atoms with Crippen molar-refractivity contribution in [3.8, 4) is 5.75 Å². The average molecular weight is 383 g/mol. The zero-order chi connectivity index (χ0) is 19.2. The van der Waals surface area contributed by atoms with Gasteiger partial charge in [-0.25, -0.2) is 14.4 Å². The molecule has 0 bridgehead atoms. The van der Waals surface area contributed by atoms with E-state index in [2.05, 4.69) is 15.3 Å². The topological polar surface area (TPSA) is 64.1 Å². The second-order valence-electron chi connectivity index (χ2n) is 5.85. The normalized spacial score (nSPS) is 10.5. The van der Waals surface area contributed by atoms with Crippen LogP contribution < -0.4 is 10.1 Å². The average Bonchev–Trinajstić information content (AvgIpc) is 2.61. The van der Waals surface area contributed by atoms with Crippen LogP contribution in [0.5, 0.6) is 5.75 Å². The number of aromatic nitrogens is 2. The summed E-state index contributed by atoms with van der Waals surface area (Å²) < 4.78 is 18.4. The van der Waals surface area contributed by atoms with Crippen LogP contribution in [0.3, 0.4) is 0 Å². The minimum atomic E-state index is -0.409. The SMILES string of the molecule is Cc1cc(C)nc(Sc2ccc(NC(=O)COc3cccc(F)c3)cc2)n1. The second kappa shape index (κ2) is 8.64. The number of nitrogens with zero attached hydrogens (tertiary/aromatic N) is 2. The molecule has 0 unspecified atom stereocenters. The summed E-state index contributed by atoms with van der Waals surface area (Å²) in [7, 11) is 0. The molecule has 138 valence electrons. The molecular weight excluding hydrogens is 365 g/mol. The van der Waals surface area contributed by atoms with Gasteiger partial charge in [-0.1, -0.05) is 6.07 Å². The Morgan fingerprint density at radius 1 is 1.07 bits per heavy atom. The molecule has 0 saturated carbocycles. The Labute approximate surface area is 161 Å². The molecule has 27 heavy (non-hydrogen) atoms. The Morgan fingerprint density at radius 2 is 1.78 bits per heavy atom. The Kier molecular flexibility index (Phi) is 6.03. The number of hydrogen-bond acceptors (Lipinski definition) is 5. The number of nitrogens with one attached hydrogen (secondary N) is 1. The number of rotatable bonds is 6. The molecule has 0 aliphatic heterocycles. The molecule has 0 fully saturated rings. The molecule has 5 nitrogen and oxygen atoms in total. The highest BCUT2D eigenvalue weighted by Gasteiger charge is 2.06. The predicted molar refractivity (Wildman–Crippen MR) is 103 cm³/mol. The van der Waals surface area contributed by atoms with E-state index in [0.29, 0.717) is 16.6 Å². The lowest BCUT2D eigenvalue weighted by Gasteiger charge is -2.08. The Morgan fingerprint density at radius 3 is 2.44 bits per heavy atom. The molecule has 0 aliphatic rings. The summed E-state index contributed by atoms with van der Waals surface area (Å²) in [5.41, 5.74) is 2.49. The molecule has 0 radical (unpaired) electrons. The number of benzene rings is 2. The fraction of sp³-hybridized carbons (Fsp3) is 0.150. The lowest BCUT2D eigenvalue weighted by atomic mass is 10.3. The number of ether oxygens (including phenoxy) is 1. The van der Waals surface area contributed by atoms with Crippen LogP contribution in [0.1, 0.15) is 11.4 Å². The van der Waals surface area contributed by atoms with Crippen LogP contribution in [0, 0.1) is 19.7 Å². The van der Waals surface area contributed by atoms with Gasteiger partial charge in [0, 0.05) is 28.0 Å². The van der Waals surface area contributed by atoms with E-state index in [1.54, 1.807) is 18.2 Å². The summed E-state index contributed by atoms with van der Waals surface area (Å²) in [5.74, 6) is -0.420. The molecule has 3 rings (SSSR count). The molecule has 1 aromatic heterocycles. The molecule has 1 heterocycles. The summed E-state index contributed by atoms with van der Waals surface area (Å²) in [5, 5.41) is 3.43. The highest BCUT2D eigenvalue weighted by molar-refractivity contribution is 7.99. The van der Waals surface area contributed by atoms with Gasteiger partial charge in [0.2, 0.25) is 0 Å². The van der Waals surface area contributed by atoms with Crippen molar-refractivity contribution in [3.63, 3.8) is 0 Å². The monoisotopic (exact) mass is 383 g/mol. The zero-order valence-corrected chi connectivity index (χ0v) is 15.7. The summed E-state index contributed by atoms with van der Waals surface area (Å²) in [4.78, 5) is 21.7. The summed E-state index contributed by atoms with van der Waals surface area (Å²) in [6.45, 7) is 3.67. The smallest absolute Gasteiger partial charge is 0.262 e. The van der Waals surface area contributed by atoms with Gasteiger partial charge < -0.3 is 10.1 Å². The van der Waals surface area contributed by atoms with E-state index >= 15 is 0 Å². The minimum absolute atomic E-state index is 0.198. The van der Waals surface area contributed by atoms with E-state index in [4.69, 9.17) is 4.74 Å². The van der Waals surface area contributed by atoms with Crippen LogP contribution in [0.2, 0.25) is 0 Å². The Bertz CT molecular complexity index is 928. The van der Waals surface area contributed by atoms with Gasteiger partial charge in [0.15, 0.2) is 11.8 Å². The maximum absolute atomic E-state index is 13.1. The van der Waals surface area contributed by atoms with Gasteiger partial charge in [-0.2, -0.15) is 0 Å². The zero-order valence-electron chi connectivity index (χ0n) is 14.9. The molecule has 2 aromatic carbocycles. The molecule has 1 amide bonds. The third kappa shape index (κ3) is 5.79. The van der Waals surface area contributed by atoms with Crippen molar-refractivity contribution < 1.29 is 13.9 Å². The van der Waals surface area contributed by atoms with E-state index < -0.39 is 5.82 Å². The molecule has 3 aromatic rings. The molecule has 0 spiro atoms. The predicted octanol–water partition coefficient (Wildman–Crippen LogP) is 4.40. The number of aryl methyl sites for hydroxylation is 2. The van der Waals surface area contributed by atoms with E-state index in [1.165, 1.54) is 30.0 Å². The maximum atomic E-state index is 13.1. The van der Waals surface area contributed by atoms with Crippen LogP contribution >= 0.6 is 11.8 Å². The van der Waals surface area contributed by atoms with Crippen molar-refractivity contribution >= 4 is 23.4 Å². The quantitative estimate of drug-likeness (QED) is 0.639. The van der Waals surface area contributed by atoms with Crippen molar-refractivity contribution in [2.45, 2.75) is 23.9 Å². The van der Waals surface area contributed by atoms with Crippen LogP contribution in [-0.2, 0) is 4.79 Å². The van der Waals surface area contributed by atoms with E-state index in [1.807, 2.05) is 32.0 Å². The van der Waals surface area contributed by atoms with Crippen molar-refractivity contribution in [2.24, 2.45) is 0 Å². The van der Waals surface area contributed by atoms with Crippen molar-refractivity contribution in [3.05, 3.63) is 71.8 Å². The first-order valence-corrected chi connectivity index (χ1v) is 9.08. The number of anilines is 1. The van der Waals surface area contributed by atoms with Gasteiger partial charge in [0.25, 0.3) is 5.91 Å². The standard InChI is InChI=1S/C20H18FN3O2S/c1-13-10-14(2)23-20(22-13)27-18-8-6-16(7-9-18)24-19(25)12-26-17-5-3-4-15(21)11-17/h3-11H,12H2,1-2H3,(H,24,25). The lowest BCUT2D eigenvalue weighted by molar-refractivity contribution is -0.118. The van der Waals surface area contributed by atoms with Crippen molar-refractivity contribution in [2.75, 3.05) is 11.9 Å². The van der Waals surface area contributed by atoms with E-state index in [9.17, 15) is 9.18 Å². The Hall–Kier alpha value is -2.93. The van der Waals surface area contributed by atoms with Crippen LogP contribution in [-0.4, -0.2) is 22.5 Å². The fourth-order valence-corrected chi connectivity index (χ4v) is 3.22. The van der Waals surface area contributed by atoms with Gasteiger partial charge in [-0.3, -0.25) is 4.79 Å². The largest absolute Gasteiger partial charge is 0.484 e. The molecular formula is C20H18FN3O2S. The van der Waals surface area contributed by atoms with Gasteiger partial charge in [-0.05, 0) is 68.1 Å². The number of carbonyl (C=O) groups is 1. The van der Waals surface area contributed by atoms with Crippen molar-refractivity contribution in [1.29, 1.82) is 0 Å². The first kappa shape index (κ1) is 18.8. The molecule has 0 aliphatic carbocycles. The molecule has 7 heteroatoms. The number of hydrogen-bond donors (Lipinski definition) is 1. The van der Waals surface area contributed by atoms with Crippen LogP contribution in [0.15, 0.2) is 64.6 Å². The lowest BCUT2D eigenvalue weighted by Crippen LogP contribution is -2.20. The fourth-order valence-electron chi connectivity index (χ4n) is 2.35. The minimum Gasteiger partial charge on any atom is -0.484 e. The third-order valence-electron chi connectivity index (χ3n) is 3.47. The summed E-state index contributed by atoms with van der Waals surface area (Å²) in [6, 6.07) is 15.0. The number of amides is 1. The molecule has 0 saturated heterocycles. The van der Waals surface area contributed by atoms with Gasteiger partial charge in [0.1, 0.15) is 11.6 Å². The second-order valence-corrected chi connectivity index (χ2v) is 6.89. The highest BCUT2D eigenvalue weighted by atomic mass is 32.2.